The summed E-state index contributed by atoms with van der Waals surface area (Å²) in [5.41, 5.74) is 0. The van der Waals surface area contributed by atoms with E-state index in [0.717, 1.165) is 0 Å². The van der Waals surface area contributed by atoms with Crippen LogP contribution in [0, 0.1) is 0 Å². The number of hydrogen-bond acceptors (Lipinski definition) is 6. The molecule has 10 heteroatoms. The van der Waals surface area contributed by atoms with Gasteiger partial charge < -0.3 is 0 Å². The van der Waals surface area contributed by atoms with Crippen LogP contribution in [-0.2, 0) is 22.9 Å². The van der Waals surface area contributed by atoms with E-state index in [4.69, 9.17) is 0 Å². The SMILES string of the molecule is C=C(F)C(=O)[O][In]([O]C(=O)C(=C)F)[O]C(=O)C(=C)F. The Balaban J connectivity index is 4.82. The van der Waals surface area contributed by atoms with Crippen LogP contribution in [0.5, 0.6) is 0 Å². The molecule has 0 spiro atoms. The molecule has 0 heterocycles. The van der Waals surface area contributed by atoms with E-state index in [1.807, 2.05) is 0 Å². The molecule has 0 radical (unpaired) electrons. The fraction of sp³-hybridized carbons (Fsp3) is 0. The molecule has 0 unspecified atom stereocenters. The molecule has 0 aliphatic rings. The number of rotatable bonds is 6. The van der Waals surface area contributed by atoms with E-state index in [1.54, 1.807) is 0 Å². The van der Waals surface area contributed by atoms with Gasteiger partial charge in [0.15, 0.2) is 0 Å². The second-order valence-corrected chi connectivity index (χ2v) is 6.39. The summed E-state index contributed by atoms with van der Waals surface area (Å²) in [4.78, 5) is 32.4. The van der Waals surface area contributed by atoms with Crippen molar-refractivity contribution < 1.29 is 36.1 Å². The average molecular weight is 382 g/mol. The van der Waals surface area contributed by atoms with Crippen LogP contribution in [0.1, 0.15) is 0 Å². The van der Waals surface area contributed by atoms with E-state index in [9.17, 15) is 27.6 Å². The normalized spacial score (nSPS) is 9.00. The molecule has 6 nitrogen and oxygen atoms in total. The van der Waals surface area contributed by atoms with Gasteiger partial charge in [-0.2, -0.15) is 0 Å². The minimum absolute atomic E-state index is 1.58. The average Bonchev–Trinajstić information content (AvgIpc) is 2.27. The van der Waals surface area contributed by atoms with Crippen molar-refractivity contribution in [1.82, 2.24) is 0 Å². The van der Waals surface area contributed by atoms with E-state index < -0.39 is 58.1 Å². The van der Waals surface area contributed by atoms with Gasteiger partial charge in [-0.25, -0.2) is 0 Å². The second kappa shape index (κ2) is 7.67. The van der Waals surface area contributed by atoms with Crippen LogP contribution in [0.2, 0.25) is 0 Å². The zero-order valence-electron chi connectivity index (χ0n) is 9.28. The predicted octanol–water partition coefficient (Wildman–Crippen LogP) is 1.05. The topological polar surface area (TPSA) is 78.9 Å². The molecular formula is C9H6F3InO6. The molecule has 0 bridgehead atoms. The van der Waals surface area contributed by atoms with Crippen molar-refractivity contribution in [1.29, 1.82) is 0 Å². The molecule has 0 atom stereocenters. The molecular weight excluding hydrogens is 376 g/mol. The van der Waals surface area contributed by atoms with Crippen LogP contribution in [0.3, 0.4) is 0 Å². The van der Waals surface area contributed by atoms with Crippen molar-refractivity contribution in [3.8, 4) is 0 Å². The minimum atomic E-state index is -4.79. The van der Waals surface area contributed by atoms with Gasteiger partial charge in [0, 0.05) is 0 Å². The van der Waals surface area contributed by atoms with Crippen LogP contribution in [0.4, 0.5) is 13.2 Å². The van der Waals surface area contributed by atoms with Crippen LogP contribution < -0.4 is 0 Å². The summed E-state index contributed by atoms with van der Waals surface area (Å²) in [7, 11) is 0. The van der Waals surface area contributed by atoms with Gasteiger partial charge in [0.1, 0.15) is 0 Å². The molecule has 0 aromatic rings. The summed E-state index contributed by atoms with van der Waals surface area (Å²) in [6, 6.07) is 0. The predicted molar refractivity (Wildman–Crippen MR) is 54.8 cm³/mol. The monoisotopic (exact) mass is 382 g/mol. The van der Waals surface area contributed by atoms with Crippen LogP contribution in [-0.4, -0.2) is 40.7 Å². The van der Waals surface area contributed by atoms with E-state index in [-0.39, 0.29) is 0 Å². The first-order valence-electron chi connectivity index (χ1n) is 4.31. The molecule has 0 saturated heterocycles. The Morgan fingerprint density at radius 3 is 1.05 bits per heavy atom. The van der Waals surface area contributed by atoms with Crippen LogP contribution >= 0.6 is 0 Å². The Hall–Kier alpha value is -1.71. The maximum atomic E-state index is 12.3. The Morgan fingerprint density at radius 1 is 0.684 bits per heavy atom. The third kappa shape index (κ3) is 6.70. The Bertz CT molecular complexity index is 394. The Kier molecular flexibility index (Phi) is 6.98. The van der Waals surface area contributed by atoms with Crippen molar-refractivity contribution in [2.24, 2.45) is 0 Å². The molecule has 0 saturated carbocycles. The maximum absolute atomic E-state index is 12.3. The molecule has 0 amide bonds. The van der Waals surface area contributed by atoms with Gasteiger partial charge in [-0.1, -0.05) is 0 Å². The number of halogens is 3. The van der Waals surface area contributed by atoms with Gasteiger partial charge >= 0.3 is 114 Å². The first-order chi connectivity index (χ1) is 8.65. The van der Waals surface area contributed by atoms with Gasteiger partial charge in [-0.15, -0.1) is 0 Å². The van der Waals surface area contributed by atoms with Crippen molar-refractivity contribution in [3.63, 3.8) is 0 Å². The molecule has 102 valence electrons. The summed E-state index contributed by atoms with van der Waals surface area (Å²) in [5, 5.41) is 0. The number of carbonyl (C=O) groups excluding carboxylic acids is 3. The van der Waals surface area contributed by atoms with E-state index >= 15 is 0 Å². The zero-order chi connectivity index (χ0) is 15.2. The Labute approximate surface area is 114 Å². The van der Waals surface area contributed by atoms with Gasteiger partial charge in [-0.3, -0.25) is 0 Å². The molecule has 0 aromatic carbocycles. The second-order valence-electron chi connectivity index (χ2n) is 2.72. The van der Waals surface area contributed by atoms with Crippen molar-refractivity contribution in [2.75, 3.05) is 0 Å². The molecule has 0 fully saturated rings. The van der Waals surface area contributed by atoms with Gasteiger partial charge in [0.05, 0.1) is 0 Å². The zero-order valence-corrected chi connectivity index (χ0v) is 12.6. The summed E-state index contributed by atoms with van der Waals surface area (Å²) in [5.74, 6) is -9.79. The fourth-order valence-corrected chi connectivity index (χ4v) is 3.53. The molecule has 19 heavy (non-hydrogen) atoms. The molecule has 0 rings (SSSR count). The summed E-state index contributed by atoms with van der Waals surface area (Å²) in [6.45, 7) is 7.69. The molecule has 0 aromatic heterocycles. The Morgan fingerprint density at radius 2 is 0.895 bits per heavy atom. The van der Waals surface area contributed by atoms with Gasteiger partial charge in [0.2, 0.25) is 0 Å². The third-order valence-corrected chi connectivity index (χ3v) is 4.76. The first-order valence-corrected chi connectivity index (χ1v) is 8.35. The number of carbonyl (C=O) groups is 3. The van der Waals surface area contributed by atoms with E-state index in [1.165, 1.54) is 0 Å². The summed E-state index contributed by atoms with van der Waals surface area (Å²) in [6.07, 6.45) is 0. The molecule has 0 N–H and O–H groups in total. The van der Waals surface area contributed by atoms with Gasteiger partial charge in [-0.05, 0) is 0 Å². The van der Waals surface area contributed by atoms with Crippen molar-refractivity contribution in [3.05, 3.63) is 37.2 Å². The van der Waals surface area contributed by atoms with E-state index in [0.29, 0.717) is 0 Å². The standard InChI is InChI=1S/3C3H3FO2.In/c3*1-2(4)3(5)6;/h3*1H2,(H,5,6);/q;;;+3/p-3. The van der Waals surface area contributed by atoms with Crippen molar-refractivity contribution in [2.45, 2.75) is 0 Å². The number of hydrogen-bond donors (Lipinski definition) is 0. The summed E-state index contributed by atoms with van der Waals surface area (Å²) >= 11 is -4.79. The first kappa shape index (κ1) is 17.3. The van der Waals surface area contributed by atoms with Crippen molar-refractivity contribution >= 4 is 40.7 Å². The summed E-state index contributed by atoms with van der Waals surface area (Å²) < 4.78 is 49.5. The van der Waals surface area contributed by atoms with E-state index in [2.05, 4.69) is 28.3 Å². The quantitative estimate of drug-likeness (QED) is 0.640. The molecule has 0 aliphatic carbocycles. The van der Waals surface area contributed by atoms with Gasteiger partial charge in [0.25, 0.3) is 0 Å². The molecule has 0 aliphatic heterocycles. The van der Waals surface area contributed by atoms with Crippen LogP contribution in [0.15, 0.2) is 37.2 Å². The van der Waals surface area contributed by atoms with Crippen LogP contribution in [0.25, 0.3) is 0 Å². The third-order valence-electron chi connectivity index (χ3n) is 1.27. The fourth-order valence-electron chi connectivity index (χ4n) is 0.526.